The predicted octanol–water partition coefficient (Wildman–Crippen LogP) is 2.58. The van der Waals surface area contributed by atoms with Crippen LogP contribution in [0.2, 0.25) is 0 Å². The van der Waals surface area contributed by atoms with Gasteiger partial charge in [0.1, 0.15) is 5.75 Å². The molecule has 0 aliphatic carbocycles. The number of benzene rings is 1. The predicted molar refractivity (Wildman–Crippen MR) is 76.2 cm³/mol. The first kappa shape index (κ1) is 13.4. The summed E-state index contributed by atoms with van der Waals surface area (Å²) in [6.07, 6.45) is 3.72. The quantitative estimate of drug-likeness (QED) is 0.521. The van der Waals surface area contributed by atoms with Crippen molar-refractivity contribution in [3.8, 4) is 5.75 Å². The van der Waals surface area contributed by atoms with Crippen molar-refractivity contribution >= 4 is 16.9 Å². The third-order valence-corrected chi connectivity index (χ3v) is 2.82. The lowest BCUT2D eigenvalue weighted by molar-refractivity contribution is -0.130. The number of H-pyrrole nitrogens is 1. The Labute approximate surface area is 112 Å². The summed E-state index contributed by atoms with van der Waals surface area (Å²) in [5, 5.41) is 1.03. The SMILES string of the molecule is CC(=CCN(C)C)C(=O)Oc1ccc2[nH]ccc2c1. The summed E-state index contributed by atoms with van der Waals surface area (Å²) in [5.41, 5.74) is 1.64. The minimum atomic E-state index is -0.309. The summed E-state index contributed by atoms with van der Waals surface area (Å²) >= 11 is 0. The van der Waals surface area contributed by atoms with Crippen LogP contribution in [0, 0.1) is 0 Å². The number of hydrogen-bond donors (Lipinski definition) is 1. The van der Waals surface area contributed by atoms with Crippen LogP contribution in [-0.2, 0) is 4.79 Å². The summed E-state index contributed by atoms with van der Waals surface area (Å²) in [7, 11) is 3.91. The molecule has 4 heteroatoms. The Bertz CT molecular complexity index is 611. The number of aromatic nitrogens is 1. The number of rotatable bonds is 4. The number of fused-ring (bicyclic) bond motifs is 1. The molecular weight excluding hydrogens is 240 g/mol. The van der Waals surface area contributed by atoms with E-state index < -0.39 is 0 Å². The van der Waals surface area contributed by atoms with Crippen molar-refractivity contribution in [1.29, 1.82) is 0 Å². The fraction of sp³-hybridized carbons (Fsp3) is 0.267. The van der Waals surface area contributed by atoms with Gasteiger partial charge >= 0.3 is 5.97 Å². The summed E-state index contributed by atoms with van der Waals surface area (Å²) in [6.45, 7) is 2.48. The van der Waals surface area contributed by atoms with Crippen LogP contribution in [0.5, 0.6) is 5.75 Å². The Hall–Kier alpha value is -2.07. The maximum atomic E-state index is 11.9. The van der Waals surface area contributed by atoms with E-state index in [9.17, 15) is 4.79 Å². The van der Waals surface area contributed by atoms with E-state index in [1.165, 1.54) is 0 Å². The Morgan fingerprint density at radius 2 is 2.16 bits per heavy atom. The number of hydrogen-bond acceptors (Lipinski definition) is 3. The molecule has 1 aromatic carbocycles. The average molecular weight is 258 g/mol. The molecule has 0 amide bonds. The maximum Gasteiger partial charge on any atom is 0.338 e. The number of aromatic amines is 1. The zero-order valence-electron chi connectivity index (χ0n) is 11.4. The van der Waals surface area contributed by atoms with Crippen LogP contribution in [0.1, 0.15) is 6.92 Å². The molecule has 0 bridgehead atoms. The number of ether oxygens (including phenoxy) is 1. The molecule has 0 unspecified atom stereocenters. The van der Waals surface area contributed by atoms with Crippen molar-refractivity contribution in [2.75, 3.05) is 20.6 Å². The van der Waals surface area contributed by atoms with Gasteiger partial charge in [-0.1, -0.05) is 6.08 Å². The minimum Gasteiger partial charge on any atom is -0.423 e. The second kappa shape index (κ2) is 5.71. The van der Waals surface area contributed by atoms with Crippen LogP contribution in [0.15, 0.2) is 42.1 Å². The highest BCUT2D eigenvalue weighted by atomic mass is 16.5. The van der Waals surface area contributed by atoms with E-state index in [-0.39, 0.29) is 5.97 Å². The zero-order chi connectivity index (χ0) is 13.8. The van der Waals surface area contributed by atoms with Crippen LogP contribution in [0.3, 0.4) is 0 Å². The topological polar surface area (TPSA) is 45.3 Å². The molecule has 0 aliphatic heterocycles. The molecule has 1 heterocycles. The number of carbonyl (C=O) groups is 1. The fourth-order valence-electron chi connectivity index (χ4n) is 1.69. The molecule has 2 aromatic rings. The first-order valence-corrected chi connectivity index (χ1v) is 6.17. The first-order valence-electron chi connectivity index (χ1n) is 6.17. The molecule has 0 aliphatic rings. The molecule has 0 radical (unpaired) electrons. The normalized spacial score (nSPS) is 12.1. The van der Waals surface area contributed by atoms with Gasteiger partial charge < -0.3 is 14.6 Å². The second-order valence-corrected chi connectivity index (χ2v) is 4.77. The summed E-state index contributed by atoms with van der Waals surface area (Å²) in [5.74, 6) is 0.256. The van der Waals surface area contributed by atoms with Gasteiger partial charge in [0.15, 0.2) is 0 Å². The third-order valence-electron chi connectivity index (χ3n) is 2.82. The summed E-state index contributed by atoms with van der Waals surface area (Å²) in [6, 6.07) is 7.48. The van der Waals surface area contributed by atoms with Gasteiger partial charge in [0.2, 0.25) is 0 Å². The minimum absolute atomic E-state index is 0.309. The van der Waals surface area contributed by atoms with Crippen molar-refractivity contribution < 1.29 is 9.53 Å². The molecule has 0 saturated carbocycles. The van der Waals surface area contributed by atoms with Gasteiger partial charge in [-0.2, -0.15) is 0 Å². The standard InChI is InChI=1S/C15H18N2O2/c1-11(7-9-17(2)3)15(18)19-13-4-5-14-12(10-13)6-8-16-14/h4-8,10,16H,9H2,1-3H3. The Morgan fingerprint density at radius 3 is 2.89 bits per heavy atom. The van der Waals surface area contributed by atoms with Gasteiger partial charge in [-0.15, -0.1) is 0 Å². The molecular formula is C15H18N2O2. The highest BCUT2D eigenvalue weighted by Crippen LogP contribution is 2.20. The van der Waals surface area contributed by atoms with Gasteiger partial charge in [0.05, 0.1) is 0 Å². The van der Waals surface area contributed by atoms with Gasteiger partial charge in [0, 0.05) is 29.2 Å². The van der Waals surface area contributed by atoms with Crippen LogP contribution < -0.4 is 4.74 Å². The Morgan fingerprint density at radius 1 is 1.37 bits per heavy atom. The molecule has 0 saturated heterocycles. The molecule has 0 spiro atoms. The van der Waals surface area contributed by atoms with Gasteiger partial charge in [-0.05, 0) is 45.3 Å². The number of nitrogens with one attached hydrogen (secondary N) is 1. The van der Waals surface area contributed by atoms with E-state index >= 15 is 0 Å². The second-order valence-electron chi connectivity index (χ2n) is 4.77. The van der Waals surface area contributed by atoms with Crippen LogP contribution in [0.4, 0.5) is 0 Å². The van der Waals surface area contributed by atoms with E-state index in [2.05, 4.69) is 4.98 Å². The third kappa shape index (κ3) is 3.45. The lowest BCUT2D eigenvalue weighted by Gasteiger charge is -2.07. The molecule has 0 fully saturated rings. The van der Waals surface area contributed by atoms with Crippen molar-refractivity contribution in [1.82, 2.24) is 9.88 Å². The molecule has 100 valence electrons. The summed E-state index contributed by atoms with van der Waals surface area (Å²) in [4.78, 5) is 17.0. The van der Waals surface area contributed by atoms with Crippen molar-refractivity contribution in [2.45, 2.75) is 6.92 Å². The van der Waals surface area contributed by atoms with Crippen LogP contribution >= 0.6 is 0 Å². The Kier molecular flexibility index (Phi) is 4.02. The maximum absolute atomic E-state index is 11.9. The van der Waals surface area contributed by atoms with E-state index in [1.54, 1.807) is 13.0 Å². The lowest BCUT2D eigenvalue weighted by Crippen LogP contribution is -2.14. The van der Waals surface area contributed by atoms with Gasteiger partial charge in [0.25, 0.3) is 0 Å². The number of nitrogens with zero attached hydrogens (tertiary/aromatic N) is 1. The number of likely N-dealkylation sites (N-methyl/N-ethyl adjacent to an activating group) is 1. The fourth-order valence-corrected chi connectivity index (χ4v) is 1.69. The van der Waals surface area contributed by atoms with E-state index in [4.69, 9.17) is 4.74 Å². The van der Waals surface area contributed by atoms with Crippen LogP contribution in [0.25, 0.3) is 10.9 Å². The zero-order valence-corrected chi connectivity index (χ0v) is 11.4. The monoisotopic (exact) mass is 258 g/mol. The first-order chi connectivity index (χ1) is 9.06. The molecule has 1 aromatic heterocycles. The van der Waals surface area contributed by atoms with Crippen molar-refractivity contribution in [3.05, 3.63) is 42.1 Å². The van der Waals surface area contributed by atoms with Gasteiger partial charge in [-0.25, -0.2) is 4.79 Å². The molecule has 0 atom stereocenters. The lowest BCUT2D eigenvalue weighted by atomic mass is 10.2. The number of esters is 1. The smallest absolute Gasteiger partial charge is 0.338 e. The van der Waals surface area contributed by atoms with E-state index in [0.29, 0.717) is 11.3 Å². The largest absolute Gasteiger partial charge is 0.423 e. The van der Waals surface area contributed by atoms with E-state index in [1.807, 2.05) is 49.5 Å². The highest BCUT2D eigenvalue weighted by molar-refractivity contribution is 5.90. The summed E-state index contributed by atoms with van der Waals surface area (Å²) < 4.78 is 5.35. The Balaban J connectivity index is 2.07. The van der Waals surface area contributed by atoms with Gasteiger partial charge in [-0.3, -0.25) is 0 Å². The van der Waals surface area contributed by atoms with E-state index in [0.717, 1.165) is 17.4 Å². The number of carbonyl (C=O) groups excluding carboxylic acids is 1. The molecule has 19 heavy (non-hydrogen) atoms. The molecule has 2 rings (SSSR count). The average Bonchev–Trinajstić information content (AvgIpc) is 2.83. The highest BCUT2D eigenvalue weighted by Gasteiger charge is 2.08. The van der Waals surface area contributed by atoms with Crippen molar-refractivity contribution in [2.24, 2.45) is 0 Å². The molecule has 4 nitrogen and oxygen atoms in total. The molecule has 1 N–H and O–H groups in total. The van der Waals surface area contributed by atoms with Crippen LogP contribution in [-0.4, -0.2) is 36.5 Å². The van der Waals surface area contributed by atoms with Crippen molar-refractivity contribution in [3.63, 3.8) is 0 Å².